The molecular weight excluding hydrogens is 160 g/mol. The molecule has 0 saturated heterocycles. The van der Waals surface area contributed by atoms with Crippen molar-refractivity contribution in [1.82, 2.24) is 9.59 Å². The van der Waals surface area contributed by atoms with E-state index in [-0.39, 0.29) is 12.0 Å². The smallest absolute Gasteiger partial charge is 0.0653 e. The maximum atomic E-state index is 9.18. The Kier molecular flexibility index (Phi) is 2.96. The molecule has 0 aliphatic carbocycles. The molecule has 1 aromatic heterocycles. The van der Waals surface area contributed by atoms with E-state index in [0.29, 0.717) is 0 Å². The molecule has 0 bridgehead atoms. The van der Waals surface area contributed by atoms with Crippen LogP contribution in [0.2, 0.25) is 0 Å². The van der Waals surface area contributed by atoms with Crippen LogP contribution in [0.15, 0.2) is 6.20 Å². The van der Waals surface area contributed by atoms with Crippen LogP contribution in [0.3, 0.4) is 0 Å². The fraction of sp³-hybridized carbons (Fsp3) is 0.714. The van der Waals surface area contributed by atoms with Crippen LogP contribution in [0, 0.1) is 5.92 Å². The average Bonchev–Trinajstić information content (AvgIpc) is 2.39. The molecule has 1 N–H and O–H groups in total. The minimum Gasteiger partial charge on any atom is -0.393 e. The Balaban J connectivity index is 2.43. The molecule has 0 saturated carbocycles. The third-order valence-electron chi connectivity index (χ3n) is 1.75. The maximum absolute atomic E-state index is 9.18. The second-order valence-electron chi connectivity index (χ2n) is 2.81. The van der Waals surface area contributed by atoms with Gasteiger partial charge in [-0.2, -0.15) is 0 Å². The lowest BCUT2D eigenvalue weighted by Gasteiger charge is -2.11. The van der Waals surface area contributed by atoms with Crippen molar-refractivity contribution < 1.29 is 5.11 Å². The fourth-order valence-corrected chi connectivity index (χ4v) is 1.40. The Morgan fingerprint density at radius 3 is 2.82 bits per heavy atom. The first-order valence-electron chi connectivity index (χ1n) is 3.64. The van der Waals surface area contributed by atoms with Crippen LogP contribution in [-0.4, -0.2) is 20.8 Å². The third kappa shape index (κ3) is 2.55. The summed E-state index contributed by atoms with van der Waals surface area (Å²) in [4.78, 5) is 1.14. The van der Waals surface area contributed by atoms with Gasteiger partial charge in [0.1, 0.15) is 0 Å². The highest BCUT2D eigenvalue weighted by atomic mass is 32.1. The van der Waals surface area contributed by atoms with E-state index in [1.807, 2.05) is 6.92 Å². The molecule has 11 heavy (non-hydrogen) atoms. The summed E-state index contributed by atoms with van der Waals surface area (Å²) in [6.07, 6.45) is 2.37. The molecule has 1 heterocycles. The molecule has 2 unspecified atom stereocenters. The van der Waals surface area contributed by atoms with Gasteiger partial charge in [0.2, 0.25) is 0 Å². The van der Waals surface area contributed by atoms with E-state index in [9.17, 15) is 5.11 Å². The van der Waals surface area contributed by atoms with E-state index in [1.165, 1.54) is 11.5 Å². The number of aliphatic hydroxyl groups is 1. The molecular formula is C7H12N2OS. The van der Waals surface area contributed by atoms with Gasteiger partial charge in [0.25, 0.3) is 0 Å². The van der Waals surface area contributed by atoms with Crippen molar-refractivity contribution in [2.45, 2.75) is 26.4 Å². The predicted octanol–water partition coefficient (Wildman–Crippen LogP) is 1.10. The van der Waals surface area contributed by atoms with Gasteiger partial charge in [0, 0.05) is 4.88 Å². The van der Waals surface area contributed by atoms with E-state index < -0.39 is 0 Å². The highest BCUT2D eigenvalue weighted by Crippen LogP contribution is 2.13. The molecule has 0 spiro atoms. The molecule has 0 aliphatic rings. The van der Waals surface area contributed by atoms with Gasteiger partial charge in [0.05, 0.1) is 12.3 Å². The molecule has 0 aliphatic heterocycles. The average molecular weight is 172 g/mol. The van der Waals surface area contributed by atoms with E-state index in [1.54, 1.807) is 13.1 Å². The number of nitrogens with zero attached hydrogens (tertiary/aromatic N) is 2. The maximum Gasteiger partial charge on any atom is 0.0653 e. The van der Waals surface area contributed by atoms with Gasteiger partial charge < -0.3 is 5.11 Å². The molecule has 0 radical (unpaired) electrons. The van der Waals surface area contributed by atoms with Crippen molar-refractivity contribution in [2.24, 2.45) is 5.92 Å². The Morgan fingerprint density at radius 2 is 2.36 bits per heavy atom. The van der Waals surface area contributed by atoms with E-state index in [0.717, 1.165) is 11.3 Å². The summed E-state index contributed by atoms with van der Waals surface area (Å²) in [6.45, 7) is 3.82. The zero-order valence-corrected chi connectivity index (χ0v) is 7.51. The summed E-state index contributed by atoms with van der Waals surface area (Å²) in [7, 11) is 0. The summed E-state index contributed by atoms with van der Waals surface area (Å²) in [5.41, 5.74) is 0. The number of hydrogen-bond donors (Lipinski definition) is 1. The molecule has 1 aromatic rings. The van der Waals surface area contributed by atoms with Crippen LogP contribution in [-0.2, 0) is 6.42 Å². The SMILES string of the molecule is CC(O)C(C)Cc1cnns1. The van der Waals surface area contributed by atoms with Crippen LogP contribution >= 0.6 is 11.5 Å². The minimum absolute atomic E-state index is 0.253. The van der Waals surface area contributed by atoms with Crippen molar-refractivity contribution in [3.8, 4) is 0 Å². The van der Waals surface area contributed by atoms with Gasteiger partial charge in [-0.3, -0.25) is 0 Å². The van der Waals surface area contributed by atoms with Crippen LogP contribution in [0.1, 0.15) is 18.7 Å². The monoisotopic (exact) mass is 172 g/mol. The lowest BCUT2D eigenvalue weighted by atomic mass is 10.0. The predicted molar refractivity (Wildman–Crippen MR) is 44.5 cm³/mol. The van der Waals surface area contributed by atoms with Crippen molar-refractivity contribution in [1.29, 1.82) is 0 Å². The van der Waals surface area contributed by atoms with Crippen LogP contribution in [0.5, 0.6) is 0 Å². The van der Waals surface area contributed by atoms with Crippen LogP contribution in [0.4, 0.5) is 0 Å². The summed E-state index contributed by atoms with van der Waals surface area (Å²) in [6, 6.07) is 0. The number of aliphatic hydroxyl groups excluding tert-OH is 1. The lowest BCUT2D eigenvalue weighted by Crippen LogP contribution is -2.14. The highest BCUT2D eigenvalue weighted by molar-refractivity contribution is 7.05. The number of aromatic nitrogens is 2. The van der Waals surface area contributed by atoms with Gasteiger partial charge in [-0.15, -0.1) is 5.10 Å². The van der Waals surface area contributed by atoms with E-state index >= 15 is 0 Å². The normalized spacial score (nSPS) is 16.3. The first-order valence-corrected chi connectivity index (χ1v) is 4.42. The molecule has 3 nitrogen and oxygen atoms in total. The standard InChI is InChI=1S/C7H12N2OS/c1-5(6(2)10)3-7-4-8-9-11-7/h4-6,10H,3H2,1-2H3. The van der Waals surface area contributed by atoms with Crippen molar-refractivity contribution in [3.05, 3.63) is 11.1 Å². The van der Waals surface area contributed by atoms with E-state index in [2.05, 4.69) is 9.59 Å². The second-order valence-corrected chi connectivity index (χ2v) is 3.68. The van der Waals surface area contributed by atoms with Gasteiger partial charge in [-0.05, 0) is 30.8 Å². The zero-order valence-electron chi connectivity index (χ0n) is 6.69. The Bertz CT molecular complexity index is 198. The lowest BCUT2D eigenvalue weighted by molar-refractivity contribution is 0.135. The first-order chi connectivity index (χ1) is 5.20. The Hall–Kier alpha value is -0.480. The molecule has 0 aromatic carbocycles. The Morgan fingerprint density at radius 1 is 1.64 bits per heavy atom. The molecule has 62 valence electrons. The van der Waals surface area contributed by atoms with Gasteiger partial charge in [-0.1, -0.05) is 11.4 Å². The number of rotatable bonds is 3. The molecule has 0 amide bonds. The largest absolute Gasteiger partial charge is 0.393 e. The molecule has 0 fully saturated rings. The van der Waals surface area contributed by atoms with E-state index in [4.69, 9.17) is 0 Å². The van der Waals surface area contributed by atoms with Gasteiger partial charge in [-0.25, -0.2) is 0 Å². The molecule has 2 atom stereocenters. The van der Waals surface area contributed by atoms with Crippen LogP contribution in [0.25, 0.3) is 0 Å². The topological polar surface area (TPSA) is 46.0 Å². The quantitative estimate of drug-likeness (QED) is 0.742. The summed E-state index contributed by atoms with van der Waals surface area (Å²) >= 11 is 1.40. The zero-order chi connectivity index (χ0) is 8.27. The second kappa shape index (κ2) is 3.78. The molecule has 1 rings (SSSR count). The van der Waals surface area contributed by atoms with Gasteiger partial charge in [0.15, 0.2) is 0 Å². The van der Waals surface area contributed by atoms with Crippen molar-refractivity contribution in [2.75, 3.05) is 0 Å². The van der Waals surface area contributed by atoms with Crippen LogP contribution < -0.4 is 0 Å². The van der Waals surface area contributed by atoms with Crippen molar-refractivity contribution >= 4 is 11.5 Å². The molecule has 4 heteroatoms. The fourth-order valence-electron chi connectivity index (χ4n) is 0.765. The third-order valence-corrected chi connectivity index (χ3v) is 2.44. The highest BCUT2D eigenvalue weighted by Gasteiger charge is 2.10. The first kappa shape index (κ1) is 8.62. The Labute approximate surface area is 70.2 Å². The minimum atomic E-state index is -0.253. The summed E-state index contributed by atoms with van der Waals surface area (Å²) in [5.74, 6) is 0.289. The number of hydrogen-bond acceptors (Lipinski definition) is 4. The van der Waals surface area contributed by atoms with Gasteiger partial charge >= 0.3 is 0 Å². The summed E-state index contributed by atoms with van der Waals surface area (Å²) < 4.78 is 3.74. The van der Waals surface area contributed by atoms with Crippen molar-refractivity contribution in [3.63, 3.8) is 0 Å². The summed E-state index contributed by atoms with van der Waals surface area (Å²) in [5, 5.41) is 12.9.